The van der Waals surface area contributed by atoms with Crippen LogP contribution < -0.4 is 5.32 Å². The average Bonchev–Trinajstić information content (AvgIpc) is 2.88. The highest BCUT2D eigenvalue weighted by Gasteiger charge is 2.32. The van der Waals surface area contributed by atoms with Gasteiger partial charge in [0, 0.05) is 18.0 Å². The highest BCUT2D eigenvalue weighted by Crippen LogP contribution is 2.30. The summed E-state index contributed by atoms with van der Waals surface area (Å²) in [6.45, 7) is 2.00. The Morgan fingerprint density at radius 1 is 1.50 bits per heavy atom. The van der Waals surface area contributed by atoms with Gasteiger partial charge < -0.3 is 5.32 Å². The van der Waals surface area contributed by atoms with Crippen LogP contribution in [0.5, 0.6) is 0 Å². The highest BCUT2D eigenvalue weighted by atomic mass is 35.5. The van der Waals surface area contributed by atoms with E-state index in [9.17, 15) is 8.42 Å². The van der Waals surface area contributed by atoms with Gasteiger partial charge in [-0.3, -0.25) is 0 Å². The third-order valence-corrected chi connectivity index (χ3v) is 6.58. The fraction of sp³-hybridized carbons (Fsp3) is 0.538. The molecule has 0 radical (unpaired) electrons. The number of halogens is 1. The molecule has 1 saturated heterocycles. The summed E-state index contributed by atoms with van der Waals surface area (Å²) in [4.78, 5) is 1.17. The van der Waals surface area contributed by atoms with Crippen molar-refractivity contribution in [1.29, 1.82) is 0 Å². The minimum absolute atomic E-state index is 0.283. The maximum atomic E-state index is 12.6. The molecule has 20 heavy (non-hydrogen) atoms. The van der Waals surface area contributed by atoms with Gasteiger partial charge in [-0.1, -0.05) is 11.6 Å². The van der Waals surface area contributed by atoms with Crippen LogP contribution in [0.1, 0.15) is 6.42 Å². The lowest BCUT2D eigenvalue weighted by Gasteiger charge is -2.17. The molecule has 1 N–H and O–H groups in total. The van der Waals surface area contributed by atoms with Crippen LogP contribution in [-0.2, 0) is 10.0 Å². The molecular formula is C13H19ClN2O2S2. The first kappa shape index (κ1) is 16.1. The quantitative estimate of drug-likeness (QED) is 0.839. The smallest absolute Gasteiger partial charge is 0.243 e. The first-order chi connectivity index (χ1) is 9.48. The average molecular weight is 335 g/mol. The standard InChI is InChI=1S/C13H19ClN2O2S2/c1-15-8-10-5-6-16(9-10)20(17,18)11-3-4-13(19-2)12(14)7-11/h3-4,7,10,15H,5-6,8-9H2,1-2H3. The molecule has 0 amide bonds. The van der Waals surface area contributed by atoms with Crippen LogP contribution in [0.15, 0.2) is 28.0 Å². The second-order valence-corrected chi connectivity index (χ2v) is 8.06. The molecule has 4 nitrogen and oxygen atoms in total. The molecule has 7 heteroatoms. The second kappa shape index (κ2) is 6.66. The van der Waals surface area contributed by atoms with E-state index in [1.807, 2.05) is 13.3 Å². The lowest BCUT2D eigenvalue weighted by atomic mass is 10.1. The molecule has 0 aromatic heterocycles. The zero-order chi connectivity index (χ0) is 14.8. The molecule has 1 aliphatic rings. The summed E-state index contributed by atoms with van der Waals surface area (Å²) in [6, 6.07) is 4.95. The molecule has 0 saturated carbocycles. The van der Waals surface area contributed by atoms with Crippen LogP contribution in [0, 0.1) is 5.92 Å². The second-order valence-electron chi connectivity index (χ2n) is 4.87. The van der Waals surface area contributed by atoms with Gasteiger partial charge in [0.05, 0.1) is 9.92 Å². The van der Waals surface area contributed by atoms with Crippen molar-refractivity contribution in [2.75, 3.05) is 32.9 Å². The van der Waals surface area contributed by atoms with E-state index < -0.39 is 10.0 Å². The number of hydrogen-bond acceptors (Lipinski definition) is 4. The summed E-state index contributed by atoms with van der Waals surface area (Å²) in [7, 11) is -1.54. The van der Waals surface area contributed by atoms with Crippen LogP contribution in [0.2, 0.25) is 5.02 Å². The summed E-state index contributed by atoms with van der Waals surface area (Å²) in [5.74, 6) is 0.385. The van der Waals surface area contributed by atoms with Crippen molar-refractivity contribution >= 4 is 33.4 Å². The topological polar surface area (TPSA) is 49.4 Å². The van der Waals surface area contributed by atoms with Crippen LogP contribution in [0.25, 0.3) is 0 Å². The fourth-order valence-electron chi connectivity index (χ4n) is 2.43. The molecule has 1 fully saturated rings. The van der Waals surface area contributed by atoms with E-state index >= 15 is 0 Å². The van der Waals surface area contributed by atoms with E-state index in [-0.39, 0.29) is 4.90 Å². The molecule has 1 aliphatic heterocycles. The van der Waals surface area contributed by atoms with E-state index in [2.05, 4.69) is 5.32 Å². The molecular weight excluding hydrogens is 316 g/mol. The summed E-state index contributed by atoms with van der Waals surface area (Å²) in [5, 5.41) is 3.59. The van der Waals surface area contributed by atoms with Crippen LogP contribution >= 0.6 is 23.4 Å². The van der Waals surface area contributed by atoms with Crippen molar-refractivity contribution in [3.63, 3.8) is 0 Å². The van der Waals surface area contributed by atoms with Crippen molar-refractivity contribution in [3.05, 3.63) is 23.2 Å². The largest absolute Gasteiger partial charge is 0.319 e. The van der Waals surface area contributed by atoms with E-state index in [1.54, 1.807) is 22.5 Å². The predicted octanol–water partition coefficient (Wildman–Crippen LogP) is 2.29. The van der Waals surface area contributed by atoms with Gasteiger partial charge in [-0.15, -0.1) is 11.8 Å². The fourth-order valence-corrected chi connectivity index (χ4v) is 4.92. The Kier molecular flexibility index (Phi) is 5.36. The normalized spacial score (nSPS) is 20.4. The van der Waals surface area contributed by atoms with Gasteiger partial charge in [0.25, 0.3) is 0 Å². The van der Waals surface area contributed by atoms with Crippen molar-refractivity contribution in [1.82, 2.24) is 9.62 Å². The Hall–Kier alpha value is -0.270. The maximum absolute atomic E-state index is 12.6. The number of rotatable bonds is 5. The van der Waals surface area contributed by atoms with E-state index in [0.29, 0.717) is 24.0 Å². The number of hydrogen-bond donors (Lipinski definition) is 1. The van der Waals surface area contributed by atoms with Gasteiger partial charge in [0.2, 0.25) is 10.0 Å². The SMILES string of the molecule is CNCC1CCN(S(=O)(=O)c2ccc(SC)c(Cl)c2)C1. The number of thioether (sulfide) groups is 1. The summed E-state index contributed by atoms with van der Waals surface area (Å²) < 4.78 is 26.7. The Morgan fingerprint density at radius 3 is 2.85 bits per heavy atom. The molecule has 0 spiro atoms. The van der Waals surface area contributed by atoms with Gasteiger partial charge in [-0.25, -0.2) is 8.42 Å². The predicted molar refractivity (Wildman–Crippen MR) is 84.0 cm³/mol. The van der Waals surface area contributed by atoms with Crippen LogP contribution in [-0.4, -0.2) is 45.7 Å². The van der Waals surface area contributed by atoms with Gasteiger partial charge in [0.15, 0.2) is 0 Å². The van der Waals surface area contributed by atoms with Gasteiger partial charge in [-0.05, 0) is 50.4 Å². The third-order valence-electron chi connectivity index (χ3n) is 3.50. The monoisotopic (exact) mass is 334 g/mol. The molecule has 1 aromatic rings. The molecule has 1 unspecified atom stereocenters. The molecule has 112 valence electrons. The first-order valence-corrected chi connectivity index (χ1v) is 9.51. The minimum Gasteiger partial charge on any atom is -0.319 e. The molecule has 1 heterocycles. The van der Waals surface area contributed by atoms with E-state index in [1.165, 1.54) is 11.8 Å². The van der Waals surface area contributed by atoms with E-state index in [0.717, 1.165) is 17.9 Å². The van der Waals surface area contributed by atoms with Crippen LogP contribution in [0.4, 0.5) is 0 Å². The lowest BCUT2D eigenvalue weighted by Crippen LogP contribution is -2.30. The van der Waals surface area contributed by atoms with Gasteiger partial charge in [0.1, 0.15) is 0 Å². The number of benzene rings is 1. The lowest BCUT2D eigenvalue weighted by molar-refractivity contribution is 0.451. The number of nitrogens with zero attached hydrogens (tertiary/aromatic N) is 1. The molecule has 1 aromatic carbocycles. The Labute approximate surface area is 129 Å². The van der Waals surface area contributed by atoms with E-state index in [4.69, 9.17) is 11.6 Å². The van der Waals surface area contributed by atoms with Crippen molar-refractivity contribution in [2.45, 2.75) is 16.2 Å². The highest BCUT2D eigenvalue weighted by molar-refractivity contribution is 7.98. The zero-order valence-electron chi connectivity index (χ0n) is 11.6. The number of sulfonamides is 1. The minimum atomic E-state index is -3.43. The summed E-state index contributed by atoms with van der Waals surface area (Å²) in [5.41, 5.74) is 0. The zero-order valence-corrected chi connectivity index (χ0v) is 14.0. The summed E-state index contributed by atoms with van der Waals surface area (Å²) in [6.07, 6.45) is 2.81. The summed E-state index contributed by atoms with van der Waals surface area (Å²) >= 11 is 7.61. The Morgan fingerprint density at radius 2 is 2.25 bits per heavy atom. The molecule has 2 rings (SSSR count). The Bertz CT molecular complexity index is 578. The maximum Gasteiger partial charge on any atom is 0.243 e. The molecule has 0 aliphatic carbocycles. The molecule has 0 bridgehead atoms. The first-order valence-electron chi connectivity index (χ1n) is 6.47. The molecule has 1 atom stereocenters. The number of nitrogens with one attached hydrogen (secondary N) is 1. The Balaban J connectivity index is 2.21. The van der Waals surface area contributed by atoms with Crippen molar-refractivity contribution < 1.29 is 8.42 Å². The van der Waals surface area contributed by atoms with Crippen LogP contribution in [0.3, 0.4) is 0 Å². The van der Waals surface area contributed by atoms with Gasteiger partial charge in [-0.2, -0.15) is 4.31 Å². The van der Waals surface area contributed by atoms with Gasteiger partial charge >= 0.3 is 0 Å². The van der Waals surface area contributed by atoms with Crippen molar-refractivity contribution in [2.24, 2.45) is 5.92 Å². The third kappa shape index (κ3) is 3.31. The van der Waals surface area contributed by atoms with Crippen molar-refractivity contribution in [3.8, 4) is 0 Å².